The molecule has 1 saturated heterocycles. The van der Waals surface area contributed by atoms with Crippen molar-refractivity contribution in [3.05, 3.63) is 42.2 Å². The third kappa shape index (κ3) is 3.80. The molecule has 2 aromatic rings. The van der Waals surface area contributed by atoms with E-state index >= 15 is 0 Å². The number of hydrogen-bond donors (Lipinski definition) is 1. The Hall–Kier alpha value is -2.12. The van der Waals surface area contributed by atoms with E-state index in [4.69, 9.17) is 4.42 Å². The first-order valence-electron chi connectivity index (χ1n) is 9.16. The highest BCUT2D eigenvalue weighted by molar-refractivity contribution is 7.89. The number of aryl methyl sites for hydroxylation is 1. The van der Waals surface area contributed by atoms with Gasteiger partial charge in [0.25, 0.3) is 5.91 Å². The van der Waals surface area contributed by atoms with Gasteiger partial charge < -0.3 is 9.73 Å². The molecule has 7 heteroatoms. The SMILES string of the molecule is C=CCNC(=O)c1oc2ccc(S(=O)(=O)N3CC(C)CC(C)C3)cc2c1C. The third-order valence-electron chi connectivity index (χ3n) is 4.99. The summed E-state index contributed by atoms with van der Waals surface area (Å²) in [5.41, 5.74) is 1.12. The largest absolute Gasteiger partial charge is 0.451 e. The molecule has 1 aromatic heterocycles. The summed E-state index contributed by atoms with van der Waals surface area (Å²) in [6, 6.07) is 4.78. The number of hydrogen-bond acceptors (Lipinski definition) is 4. The number of rotatable bonds is 5. The van der Waals surface area contributed by atoms with Gasteiger partial charge in [0, 0.05) is 30.6 Å². The van der Waals surface area contributed by atoms with Crippen molar-refractivity contribution in [3.63, 3.8) is 0 Å². The summed E-state index contributed by atoms with van der Waals surface area (Å²) in [5.74, 6) is 0.527. The van der Waals surface area contributed by atoms with E-state index < -0.39 is 10.0 Å². The molecule has 2 atom stereocenters. The molecule has 146 valence electrons. The average Bonchev–Trinajstić information content (AvgIpc) is 2.95. The zero-order valence-electron chi connectivity index (χ0n) is 16.0. The Bertz CT molecular complexity index is 967. The first kappa shape index (κ1) is 19.6. The quantitative estimate of drug-likeness (QED) is 0.794. The van der Waals surface area contributed by atoms with Crippen molar-refractivity contribution in [2.24, 2.45) is 11.8 Å². The molecule has 2 unspecified atom stereocenters. The fourth-order valence-corrected chi connectivity index (χ4v) is 5.48. The van der Waals surface area contributed by atoms with Crippen LogP contribution in [0.25, 0.3) is 11.0 Å². The van der Waals surface area contributed by atoms with Crippen molar-refractivity contribution in [1.82, 2.24) is 9.62 Å². The predicted molar refractivity (Wildman–Crippen MR) is 105 cm³/mol. The molecule has 0 aliphatic carbocycles. The van der Waals surface area contributed by atoms with Crippen LogP contribution in [0.1, 0.15) is 36.4 Å². The van der Waals surface area contributed by atoms with Crippen LogP contribution in [0.3, 0.4) is 0 Å². The van der Waals surface area contributed by atoms with Crippen LogP contribution in [0.15, 0.2) is 40.2 Å². The Morgan fingerprint density at radius 2 is 2.00 bits per heavy atom. The molecule has 0 spiro atoms. The Kier molecular flexibility index (Phi) is 5.44. The van der Waals surface area contributed by atoms with Crippen LogP contribution in [0.2, 0.25) is 0 Å². The summed E-state index contributed by atoms with van der Waals surface area (Å²) >= 11 is 0. The number of nitrogens with zero attached hydrogens (tertiary/aromatic N) is 1. The number of fused-ring (bicyclic) bond motifs is 1. The van der Waals surface area contributed by atoms with Crippen molar-refractivity contribution in [2.45, 2.75) is 32.1 Å². The van der Waals surface area contributed by atoms with Gasteiger partial charge in [-0.25, -0.2) is 8.42 Å². The molecule has 0 radical (unpaired) electrons. The van der Waals surface area contributed by atoms with E-state index in [2.05, 4.69) is 25.7 Å². The number of nitrogens with one attached hydrogen (secondary N) is 1. The Balaban J connectivity index is 1.97. The van der Waals surface area contributed by atoms with Gasteiger partial charge in [0.15, 0.2) is 5.76 Å². The second-order valence-corrected chi connectivity index (χ2v) is 9.42. The maximum absolute atomic E-state index is 13.1. The van der Waals surface area contributed by atoms with Gasteiger partial charge in [-0.05, 0) is 43.4 Å². The average molecular weight is 391 g/mol. The predicted octanol–water partition coefficient (Wildman–Crippen LogP) is 3.32. The first-order valence-corrected chi connectivity index (χ1v) is 10.6. The minimum Gasteiger partial charge on any atom is -0.451 e. The Labute approximate surface area is 160 Å². The standard InChI is InChI=1S/C20H26N2O4S/c1-5-8-21-20(23)19-15(4)17-10-16(6-7-18(17)26-19)27(24,25)22-11-13(2)9-14(3)12-22/h5-7,10,13-14H,1,8-9,11-12H2,2-4H3,(H,21,23). The molecule has 0 saturated carbocycles. The van der Waals surface area contributed by atoms with Crippen molar-refractivity contribution < 1.29 is 17.6 Å². The Morgan fingerprint density at radius 3 is 2.63 bits per heavy atom. The summed E-state index contributed by atoms with van der Waals surface area (Å²) in [6.45, 7) is 10.9. The second kappa shape index (κ2) is 7.48. The summed E-state index contributed by atoms with van der Waals surface area (Å²) in [4.78, 5) is 12.5. The number of sulfonamides is 1. The molecule has 1 aromatic carbocycles. The lowest BCUT2D eigenvalue weighted by molar-refractivity contribution is 0.0931. The first-order chi connectivity index (χ1) is 12.7. The second-order valence-electron chi connectivity index (χ2n) is 7.48. The van der Waals surface area contributed by atoms with Crippen LogP contribution in [0.4, 0.5) is 0 Å². The number of piperidine rings is 1. The number of benzene rings is 1. The number of furan rings is 1. The number of carbonyl (C=O) groups excluding carboxylic acids is 1. The fourth-order valence-electron chi connectivity index (χ4n) is 3.77. The van der Waals surface area contributed by atoms with Crippen molar-refractivity contribution in [1.29, 1.82) is 0 Å². The zero-order chi connectivity index (χ0) is 19.8. The highest BCUT2D eigenvalue weighted by Gasteiger charge is 2.32. The van der Waals surface area contributed by atoms with E-state index in [-0.39, 0.29) is 16.6 Å². The van der Waals surface area contributed by atoms with Crippen LogP contribution in [-0.4, -0.2) is 38.3 Å². The lowest BCUT2D eigenvalue weighted by Gasteiger charge is -2.34. The van der Waals surface area contributed by atoms with Gasteiger partial charge in [0.2, 0.25) is 10.0 Å². The van der Waals surface area contributed by atoms with E-state index in [1.807, 2.05) is 0 Å². The fraction of sp³-hybridized carbons (Fsp3) is 0.450. The minimum absolute atomic E-state index is 0.196. The summed E-state index contributed by atoms with van der Waals surface area (Å²) in [5, 5.41) is 3.32. The highest BCUT2D eigenvalue weighted by atomic mass is 32.2. The van der Waals surface area contributed by atoms with Crippen molar-refractivity contribution >= 4 is 26.9 Å². The summed E-state index contributed by atoms with van der Waals surface area (Å²) in [7, 11) is -3.58. The summed E-state index contributed by atoms with van der Waals surface area (Å²) in [6.07, 6.45) is 2.62. The van der Waals surface area contributed by atoms with Gasteiger partial charge in [-0.3, -0.25) is 4.79 Å². The van der Waals surface area contributed by atoms with E-state index in [0.29, 0.717) is 48.0 Å². The smallest absolute Gasteiger partial charge is 0.287 e. The number of amides is 1. The van der Waals surface area contributed by atoms with Crippen LogP contribution in [-0.2, 0) is 10.0 Å². The lowest BCUT2D eigenvalue weighted by Crippen LogP contribution is -2.42. The molecule has 1 aliphatic rings. The van der Waals surface area contributed by atoms with Crippen LogP contribution in [0.5, 0.6) is 0 Å². The van der Waals surface area contributed by atoms with E-state index in [9.17, 15) is 13.2 Å². The molecule has 3 rings (SSSR count). The molecule has 1 fully saturated rings. The van der Waals surface area contributed by atoms with Gasteiger partial charge in [0.1, 0.15) is 5.58 Å². The van der Waals surface area contributed by atoms with E-state index in [0.717, 1.165) is 6.42 Å². The molecule has 1 aliphatic heterocycles. The molecular formula is C20H26N2O4S. The molecule has 0 bridgehead atoms. The van der Waals surface area contributed by atoms with E-state index in [1.54, 1.807) is 35.5 Å². The van der Waals surface area contributed by atoms with Gasteiger partial charge in [-0.1, -0.05) is 19.9 Å². The van der Waals surface area contributed by atoms with Gasteiger partial charge in [-0.2, -0.15) is 4.31 Å². The molecular weight excluding hydrogens is 364 g/mol. The van der Waals surface area contributed by atoms with Crippen LogP contribution in [0, 0.1) is 18.8 Å². The maximum atomic E-state index is 13.1. The van der Waals surface area contributed by atoms with Gasteiger partial charge >= 0.3 is 0 Å². The maximum Gasteiger partial charge on any atom is 0.287 e. The highest BCUT2D eigenvalue weighted by Crippen LogP contribution is 2.31. The molecule has 6 nitrogen and oxygen atoms in total. The monoisotopic (exact) mass is 390 g/mol. The molecule has 1 N–H and O–H groups in total. The summed E-state index contributed by atoms with van der Waals surface area (Å²) < 4.78 is 33.5. The normalized spacial score (nSPS) is 21.3. The van der Waals surface area contributed by atoms with E-state index in [1.165, 1.54) is 0 Å². The number of carbonyl (C=O) groups is 1. The minimum atomic E-state index is -3.58. The van der Waals surface area contributed by atoms with Gasteiger partial charge in [0.05, 0.1) is 4.90 Å². The van der Waals surface area contributed by atoms with Crippen molar-refractivity contribution in [3.8, 4) is 0 Å². The topological polar surface area (TPSA) is 79.6 Å². The van der Waals surface area contributed by atoms with Gasteiger partial charge in [-0.15, -0.1) is 6.58 Å². The third-order valence-corrected chi connectivity index (χ3v) is 6.82. The molecule has 1 amide bonds. The Morgan fingerprint density at radius 1 is 1.33 bits per heavy atom. The van der Waals surface area contributed by atoms with Crippen LogP contribution >= 0.6 is 0 Å². The van der Waals surface area contributed by atoms with Crippen LogP contribution < -0.4 is 5.32 Å². The molecule has 27 heavy (non-hydrogen) atoms. The van der Waals surface area contributed by atoms with Crippen molar-refractivity contribution in [2.75, 3.05) is 19.6 Å². The molecule has 2 heterocycles. The zero-order valence-corrected chi connectivity index (χ0v) is 16.8. The lowest BCUT2D eigenvalue weighted by atomic mass is 9.94.